The molecule has 0 aromatic heterocycles. The Morgan fingerprint density at radius 2 is 1.58 bits per heavy atom. The van der Waals surface area contributed by atoms with Crippen LogP contribution in [0.3, 0.4) is 0 Å². The minimum atomic E-state index is -2.67. The van der Waals surface area contributed by atoms with Gasteiger partial charge in [-0.15, -0.1) is 0 Å². The highest BCUT2D eigenvalue weighted by atomic mass is 16.5. The number of carbonyl (C=O) groups is 5. The summed E-state index contributed by atoms with van der Waals surface area (Å²) in [6.45, 7) is 8.09. The van der Waals surface area contributed by atoms with E-state index in [1.54, 1.807) is 33.8 Å². The minimum absolute atomic E-state index is 0.00535. The Kier molecular flexibility index (Phi) is 9.39. The van der Waals surface area contributed by atoms with Crippen LogP contribution in [-0.4, -0.2) is 62.2 Å². The fourth-order valence-electron chi connectivity index (χ4n) is 10.2. The number of esters is 1. The van der Waals surface area contributed by atoms with Crippen LogP contribution in [0.25, 0.3) is 11.1 Å². The van der Waals surface area contributed by atoms with E-state index in [4.69, 9.17) is 4.74 Å². The molecule has 0 amide bonds. The van der Waals surface area contributed by atoms with E-state index in [0.717, 1.165) is 43.7 Å². The highest BCUT2D eigenvalue weighted by Gasteiger charge is 2.71. The maximum Gasteiger partial charge on any atom is 0.308 e. The smallest absolute Gasteiger partial charge is 0.308 e. The molecule has 2 aromatic carbocycles. The van der Waals surface area contributed by atoms with Crippen molar-refractivity contribution in [2.45, 2.75) is 91.6 Å². The summed E-state index contributed by atoms with van der Waals surface area (Å²) in [5.41, 5.74) is -3.34. The molecule has 0 bridgehead atoms. The number of aromatic hydroxyl groups is 1. The van der Waals surface area contributed by atoms with Crippen molar-refractivity contribution < 1.29 is 49.1 Å². The van der Waals surface area contributed by atoms with Crippen LogP contribution >= 0.6 is 0 Å². The fourth-order valence-corrected chi connectivity index (χ4v) is 10.2. The first kappa shape index (κ1) is 37.2. The molecule has 1 saturated carbocycles. The van der Waals surface area contributed by atoms with E-state index in [-0.39, 0.29) is 65.7 Å². The largest absolute Gasteiger partial charge is 0.511 e. The number of aliphatic hydroxyl groups excluding tert-OH is 2. The van der Waals surface area contributed by atoms with Gasteiger partial charge in [-0.25, -0.2) is 0 Å². The maximum absolute atomic E-state index is 14.4. The van der Waals surface area contributed by atoms with E-state index < -0.39 is 56.8 Å². The molecule has 10 nitrogen and oxygen atoms in total. The number of aliphatic hydroxyl groups is 3. The average Bonchev–Trinajstić information content (AvgIpc) is 3.06. The predicted molar refractivity (Wildman–Crippen MR) is 191 cm³/mol. The fraction of sp³-hybridized carbons (Fsp3) is 0.500. The lowest BCUT2D eigenvalue weighted by Crippen LogP contribution is -2.67. The molecule has 10 heteroatoms. The molecule has 52 heavy (non-hydrogen) atoms. The third kappa shape index (κ3) is 5.61. The van der Waals surface area contributed by atoms with Crippen molar-refractivity contribution >= 4 is 29.1 Å². The van der Waals surface area contributed by atoms with Gasteiger partial charge >= 0.3 is 5.97 Å². The molecule has 4 aliphatic rings. The van der Waals surface area contributed by atoms with Gasteiger partial charge in [-0.3, -0.25) is 24.0 Å². The monoisotopic (exact) mass is 712 g/mol. The molecule has 2 aromatic rings. The summed E-state index contributed by atoms with van der Waals surface area (Å²) in [5, 5.41) is 46.6. The van der Waals surface area contributed by atoms with E-state index in [9.17, 15) is 44.4 Å². The lowest BCUT2D eigenvalue weighted by atomic mass is 9.44. The molecular weight excluding hydrogens is 664 g/mol. The number of phenolic OH excluding ortho intramolecular Hbond substituents is 1. The summed E-state index contributed by atoms with van der Waals surface area (Å²) < 4.78 is 4.87. The van der Waals surface area contributed by atoms with Crippen molar-refractivity contribution in [3.05, 3.63) is 75.8 Å². The molecule has 0 saturated heterocycles. The van der Waals surface area contributed by atoms with Gasteiger partial charge < -0.3 is 25.2 Å². The van der Waals surface area contributed by atoms with Gasteiger partial charge in [0.2, 0.25) is 5.78 Å². The number of benzene rings is 2. The molecule has 1 fully saturated rings. The first-order chi connectivity index (χ1) is 24.4. The number of fused-ring (bicyclic) bond motifs is 3. The second kappa shape index (κ2) is 13.1. The predicted octanol–water partition coefficient (Wildman–Crippen LogP) is 6.49. The molecule has 0 spiro atoms. The van der Waals surface area contributed by atoms with Crippen LogP contribution in [-0.2, 0) is 36.8 Å². The average molecular weight is 713 g/mol. The SMILES string of the molecule is COC(=O)C1CCC(CC(=O)Cc2ccc(-c3ccc(O)c4c3C[C@]3(C)C[C@]5(C)C(C(C)C)C(O)=C(C(C)=O)C(=O)[C@]5(O)C(O)=C3C4=O)cc2)CC1. The van der Waals surface area contributed by atoms with Crippen molar-refractivity contribution in [3.63, 3.8) is 0 Å². The van der Waals surface area contributed by atoms with E-state index in [2.05, 4.69) is 0 Å². The van der Waals surface area contributed by atoms with E-state index in [0.29, 0.717) is 17.5 Å². The quantitative estimate of drug-likeness (QED) is 0.175. The Labute approximate surface area is 303 Å². The number of hydrogen-bond acceptors (Lipinski definition) is 10. The molecule has 0 aliphatic heterocycles. The number of hydrogen-bond donors (Lipinski definition) is 4. The van der Waals surface area contributed by atoms with E-state index in [1.807, 2.05) is 24.3 Å². The van der Waals surface area contributed by atoms with Gasteiger partial charge in [-0.05, 0) is 85.6 Å². The first-order valence-corrected chi connectivity index (χ1v) is 18.1. The standard InChI is InChI=1S/C42H48O10/c1-21(2)33-35(46)31(22(3)43)37(48)42(51)38(49)34-36(47)32-29(19-40(34,4)20-41(33,42)5)28(15-16-30(32)45)25-11-7-23(8-12-25)17-27(44)18-24-9-13-26(14-10-24)39(50)52-6/h7-8,11-12,15-16,21,24,26,33,45-46,49,51H,9-10,13-14,17-20H2,1-6H3/t24?,26?,33?,40-,41-,42+/m1/s1. The maximum atomic E-state index is 14.4. The van der Waals surface area contributed by atoms with Crippen molar-refractivity contribution in [1.29, 1.82) is 0 Å². The molecule has 4 atom stereocenters. The molecule has 0 heterocycles. The van der Waals surface area contributed by atoms with Crippen LogP contribution in [0.1, 0.15) is 94.6 Å². The number of Topliss-reactive ketones (excluding diaryl/α,β-unsaturated/α-hetero) is 4. The number of ether oxygens (including phenoxy) is 1. The Hall–Kier alpha value is -4.57. The van der Waals surface area contributed by atoms with Gasteiger partial charge in [-0.2, -0.15) is 0 Å². The summed E-state index contributed by atoms with van der Waals surface area (Å²) in [6, 6.07) is 10.6. The molecule has 6 rings (SSSR count). The normalized spacial score (nSPS) is 30.1. The van der Waals surface area contributed by atoms with Gasteiger partial charge in [0, 0.05) is 35.2 Å². The molecule has 0 radical (unpaired) electrons. The van der Waals surface area contributed by atoms with Crippen LogP contribution in [0, 0.1) is 34.5 Å². The minimum Gasteiger partial charge on any atom is -0.511 e. The van der Waals surface area contributed by atoms with Crippen LogP contribution in [0.2, 0.25) is 0 Å². The summed E-state index contributed by atoms with van der Waals surface area (Å²) >= 11 is 0. The Balaban J connectivity index is 1.32. The zero-order valence-corrected chi connectivity index (χ0v) is 30.7. The van der Waals surface area contributed by atoms with Gasteiger partial charge in [-0.1, -0.05) is 58.0 Å². The highest BCUT2D eigenvalue weighted by Crippen LogP contribution is 2.65. The van der Waals surface area contributed by atoms with Crippen molar-refractivity contribution in [3.8, 4) is 16.9 Å². The summed E-state index contributed by atoms with van der Waals surface area (Å²) in [7, 11) is 1.40. The zero-order chi connectivity index (χ0) is 38.1. The van der Waals surface area contributed by atoms with Gasteiger partial charge in [0.1, 0.15) is 28.6 Å². The summed E-state index contributed by atoms with van der Waals surface area (Å²) in [6.07, 6.45) is 3.96. The molecule has 4 N–H and O–H groups in total. The second-order valence-corrected chi connectivity index (χ2v) is 16.3. The molecule has 1 unspecified atom stereocenters. The first-order valence-electron chi connectivity index (χ1n) is 18.1. The Bertz CT molecular complexity index is 1940. The van der Waals surface area contributed by atoms with E-state index in [1.165, 1.54) is 13.2 Å². The van der Waals surface area contributed by atoms with Crippen LogP contribution < -0.4 is 0 Å². The number of rotatable bonds is 8. The number of carbonyl (C=O) groups excluding carboxylic acids is 5. The lowest BCUT2D eigenvalue weighted by molar-refractivity contribution is -0.171. The number of allylic oxidation sites excluding steroid dienone is 2. The highest BCUT2D eigenvalue weighted by molar-refractivity contribution is 6.25. The number of ketones is 4. The number of methoxy groups -OCH3 is 1. The molecule has 276 valence electrons. The van der Waals surface area contributed by atoms with Crippen LogP contribution in [0.4, 0.5) is 0 Å². The van der Waals surface area contributed by atoms with Crippen molar-refractivity contribution in [2.75, 3.05) is 7.11 Å². The van der Waals surface area contributed by atoms with E-state index >= 15 is 0 Å². The third-order valence-corrected chi connectivity index (χ3v) is 12.5. The van der Waals surface area contributed by atoms with Crippen molar-refractivity contribution in [1.82, 2.24) is 0 Å². The molecular formula is C42H48O10. The Morgan fingerprint density at radius 1 is 0.942 bits per heavy atom. The zero-order valence-electron chi connectivity index (χ0n) is 30.7. The number of phenols is 1. The lowest BCUT2D eigenvalue weighted by Gasteiger charge is -2.59. The van der Waals surface area contributed by atoms with Gasteiger partial charge in [0.25, 0.3) is 0 Å². The summed E-state index contributed by atoms with van der Waals surface area (Å²) in [5.74, 6) is -5.40. The van der Waals surface area contributed by atoms with Crippen LogP contribution in [0.15, 0.2) is 59.1 Å². The molecule has 4 aliphatic carbocycles. The van der Waals surface area contributed by atoms with Gasteiger partial charge in [0.15, 0.2) is 17.2 Å². The Morgan fingerprint density at radius 3 is 2.15 bits per heavy atom. The second-order valence-electron chi connectivity index (χ2n) is 16.3. The van der Waals surface area contributed by atoms with Gasteiger partial charge in [0.05, 0.1) is 18.6 Å². The topological polar surface area (TPSA) is 175 Å². The summed E-state index contributed by atoms with van der Waals surface area (Å²) in [4.78, 5) is 65.8. The van der Waals surface area contributed by atoms with Crippen LogP contribution in [0.5, 0.6) is 5.75 Å². The third-order valence-electron chi connectivity index (χ3n) is 12.5. The van der Waals surface area contributed by atoms with Crippen molar-refractivity contribution in [2.24, 2.45) is 34.5 Å².